The lowest BCUT2D eigenvalue weighted by Crippen LogP contribution is -2.27. The van der Waals surface area contributed by atoms with Crippen LogP contribution in [0.15, 0.2) is 68.9 Å². The van der Waals surface area contributed by atoms with Gasteiger partial charge in [-0.3, -0.25) is 4.79 Å². The molecule has 0 aliphatic rings. The van der Waals surface area contributed by atoms with E-state index in [2.05, 4.69) is 10.5 Å². The van der Waals surface area contributed by atoms with Gasteiger partial charge in [-0.1, -0.05) is 29.8 Å². The Hall–Kier alpha value is -3.12. The SMILES string of the molecule is N/C(=N/NC(=O)c1ccc(Cl)cc1)c1cc2ccccc2oc1=O. The Morgan fingerprint density at radius 1 is 1.12 bits per heavy atom. The summed E-state index contributed by atoms with van der Waals surface area (Å²) in [6.07, 6.45) is 0. The molecule has 7 heteroatoms. The summed E-state index contributed by atoms with van der Waals surface area (Å²) >= 11 is 5.76. The van der Waals surface area contributed by atoms with Gasteiger partial charge in [0.05, 0.1) is 0 Å². The first-order valence-electron chi connectivity index (χ1n) is 6.97. The first-order chi connectivity index (χ1) is 11.5. The van der Waals surface area contributed by atoms with Crippen molar-refractivity contribution in [3.63, 3.8) is 0 Å². The second kappa shape index (κ2) is 6.55. The molecular weight excluding hydrogens is 330 g/mol. The summed E-state index contributed by atoms with van der Waals surface area (Å²) in [4.78, 5) is 23.9. The number of nitrogens with one attached hydrogen (secondary N) is 1. The van der Waals surface area contributed by atoms with Crippen LogP contribution < -0.4 is 16.8 Å². The molecule has 0 spiro atoms. The second-order valence-corrected chi connectivity index (χ2v) is 5.37. The van der Waals surface area contributed by atoms with Gasteiger partial charge in [0.15, 0.2) is 5.84 Å². The fraction of sp³-hybridized carbons (Fsp3) is 0. The van der Waals surface area contributed by atoms with E-state index in [9.17, 15) is 9.59 Å². The number of nitrogens with two attached hydrogens (primary N) is 1. The predicted molar refractivity (Wildman–Crippen MR) is 92.1 cm³/mol. The number of hydrogen-bond donors (Lipinski definition) is 2. The Labute approximate surface area is 141 Å². The lowest BCUT2D eigenvalue weighted by molar-refractivity contribution is 0.0955. The molecule has 0 bridgehead atoms. The van der Waals surface area contributed by atoms with Crippen LogP contribution in [0.3, 0.4) is 0 Å². The average Bonchev–Trinajstić information content (AvgIpc) is 2.59. The summed E-state index contributed by atoms with van der Waals surface area (Å²) in [7, 11) is 0. The van der Waals surface area contributed by atoms with E-state index in [1.807, 2.05) is 6.07 Å². The van der Waals surface area contributed by atoms with Gasteiger partial charge in [-0.15, -0.1) is 0 Å². The van der Waals surface area contributed by atoms with Crippen LogP contribution in [-0.2, 0) is 0 Å². The highest BCUT2D eigenvalue weighted by Gasteiger charge is 2.10. The molecule has 3 N–H and O–H groups in total. The fourth-order valence-corrected chi connectivity index (χ4v) is 2.20. The van der Waals surface area contributed by atoms with Crippen molar-refractivity contribution in [2.75, 3.05) is 0 Å². The summed E-state index contributed by atoms with van der Waals surface area (Å²) in [5, 5.41) is 4.98. The lowest BCUT2D eigenvalue weighted by Gasteiger charge is -2.03. The maximum absolute atomic E-state index is 12.0. The molecule has 3 aromatic rings. The minimum absolute atomic E-state index is 0.0742. The van der Waals surface area contributed by atoms with Crippen LogP contribution in [0.1, 0.15) is 15.9 Å². The molecule has 0 unspecified atom stereocenters. The molecule has 6 nitrogen and oxygen atoms in total. The van der Waals surface area contributed by atoms with Gasteiger partial charge in [0.25, 0.3) is 5.91 Å². The van der Waals surface area contributed by atoms with Crippen molar-refractivity contribution >= 4 is 34.3 Å². The number of halogens is 1. The van der Waals surface area contributed by atoms with Gasteiger partial charge in [0.2, 0.25) is 0 Å². The molecule has 1 heterocycles. The third-order valence-corrected chi connectivity index (χ3v) is 3.55. The minimum Gasteiger partial charge on any atom is -0.422 e. The van der Waals surface area contributed by atoms with Crippen LogP contribution in [0.2, 0.25) is 5.02 Å². The third kappa shape index (κ3) is 3.28. The van der Waals surface area contributed by atoms with Gasteiger partial charge < -0.3 is 10.2 Å². The first kappa shape index (κ1) is 15.8. The number of hydrazone groups is 1. The smallest absolute Gasteiger partial charge is 0.347 e. The maximum atomic E-state index is 12.0. The van der Waals surface area contributed by atoms with E-state index in [0.717, 1.165) is 0 Å². The molecule has 0 radical (unpaired) electrons. The number of nitrogens with zero attached hydrogens (tertiary/aromatic N) is 1. The number of fused-ring (bicyclic) bond motifs is 1. The molecule has 0 aliphatic heterocycles. The number of amidine groups is 1. The normalized spacial score (nSPS) is 11.5. The molecule has 0 saturated carbocycles. The number of rotatable bonds is 3. The molecule has 24 heavy (non-hydrogen) atoms. The maximum Gasteiger partial charge on any atom is 0.347 e. The van der Waals surface area contributed by atoms with Gasteiger partial charge in [-0.05, 0) is 36.4 Å². The second-order valence-electron chi connectivity index (χ2n) is 4.93. The summed E-state index contributed by atoms with van der Waals surface area (Å²) < 4.78 is 5.17. The zero-order valence-corrected chi connectivity index (χ0v) is 13.1. The number of carbonyl (C=O) groups is 1. The number of benzene rings is 2. The largest absolute Gasteiger partial charge is 0.422 e. The molecule has 3 rings (SSSR count). The zero-order valence-electron chi connectivity index (χ0n) is 12.3. The van der Waals surface area contributed by atoms with Gasteiger partial charge in [-0.25, -0.2) is 10.2 Å². The summed E-state index contributed by atoms with van der Waals surface area (Å²) in [5.41, 5.74) is 8.34. The van der Waals surface area contributed by atoms with E-state index in [-0.39, 0.29) is 11.4 Å². The summed E-state index contributed by atoms with van der Waals surface area (Å²) in [5.74, 6) is -0.614. The number of para-hydroxylation sites is 1. The van der Waals surface area contributed by atoms with Crippen LogP contribution in [0, 0.1) is 0 Å². The molecule has 0 atom stereocenters. The van der Waals surface area contributed by atoms with E-state index in [4.69, 9.17) is 21.8 Å². The number of amides is 1. The highest BCUT2D eigenvalue weighted by Crippen LogP contribution is 2.12. The summed E-state index contributed by atoms with van der Waals surface area (Å²) in [6, 6.07) is 14.9. The van der Waals surface area contributed by atoms with E-state index in [1.54, 1.807) is 48.5 Å². The van der Waals surface area contributed by atoms with Crippen molar-refractivity contribution in [2.45, 2.75) is 0 Å². The molecule has 0 saturated heterocycles. The topological polar surface area (TPSA) is 97.7 Å². The van der Waals surface area contributed by atoms with Crippen molar-refractivity contribution in [1.29, 1.82) is 0 Å². The Morgan fingerprint density at radius 2 is 1.83 bits per heavy atom. The van der Waals surface area contributed by atoms with Crippen LogP contribution in [0.5, 0.6) is 0 Å². The van der Waals surface area contributed by atoms with E-state index in [1.165, 1.54) is 0 Å². The van der Waals surface area contributed by atoms with Gasteiger partial charge in [0.1, 0.15) is 11.1 Å². The molecule has 0 fully saturated rings. The van der Waals surface area contributed by atoms with Crippen LogP contribution in [0.4, 0.5) is 0 Å². The lowest BCUT2D eigenvalue weighted by atomic mass is 10.2. The van der Waals surface area contributed by atoms with Gasteiger partial charge in [0, 0.05) is 16.0 Å². The molecular formula is C17H12ClN3O3. The van der Waals surface area contributed by atoms with Gasteiger partial charge >= 0.3 is 5.63 Å². The molecule has 120 valence electrons. The minimum atomic E-state index is -0.629. The van der Waals surface area contributed by atoms with E-state index >= 15 is 0 Å². The molecule has 1 amide bonds. The highest BCUT2D eigenvalue weighted by atomic mass is 35.5. The van der Waals surface area contributed by atoms with Crippen molar-refractivity contribution < 1.29 is 9.21 Å². The Bertz CT molecular complexity index is 994. The predicted octanol–water partition coefficient (Wildman–Crippen LogP) is 2.50. The summed E-state index contributed by atoms with van der Waals surface area (Å²) in [6.45, 7) is 0. The van der Waals surface area contributed by atoms with E-state index < -0.39 is 11.5 Å². The third-order valence-electron chi connectivity index (χ3n) is 3.30. The van der Waals surface area contributed by atoms with Gasteiger partial charge in [-0.2, -0.15) is 5.10 Å². The van der Waals surface area contributed by atoms with Crippen molar-refractivity contribution in [3.05, 3.63) is 81.2 Å². The molecule has 2 aromatic carbocycles. The first-order valence-corrected chi connectivity index (χ1v) is 7.35. The number of carbonyl (C=O) groups excluding carboxylic acids is 1. The van der Waals surface area contributed by atoms with Crippen LogP contribution in [0.25, 0.3) is 11.0 Å². The van der Waals surface area contributed by atoms with Crippen LogP contribution >= 0.6 is 11.6 Å². The highest BCUT2D eigenvalue weighted by molar-refractivity contribution is 6.30. The van der Waals surface area contributed by atoms with E-state index in [0.29, 0.717) is 21.6 Å². The Kier molecular flexibility index (Phi) is 4.31. The quantitative estimate of drug-likeness (QED) is 0.331. The Balaban J connectivity index is 1.85. The van der Waals surface area contributed by atoms with Crippen molar-refractivity contribution in [2.24, 2.45) is 10.8 Å². The molecule has 0 aliphatic carbocycles. The van der Waals surface area contributed by atoms with Crippen molar-refractivity contribution in [3.8, 4) is 0 Å². The Morgan fingerprint density at radius 3 is 2.58 bits per heavy atom. The van der Waals surface area contributed by atoms with Crippen LogP contribution in [-0.4, -0.2) is 11.7 Å². The zero-order chi connectivity index (χ0) is 17.1. The monoisotopic (exact) mass is 341 g/mol. The molecule has 1 aromatic heterocycles. The average molecular weight is 342 g/mol. The fourth-order valence-electron chi connectivity index (χ4n) is 2.08. The standard InChI is InChI=1S/C17H12ClN3O3/c18-12-7-5-10(6-8-12)16(22)21-20-15(19)13-9-11-3-1-2-4-14(11)24-17(13)23/h1-9H,(H2,19,20)(H,21,22). The van der Waals surface area contributed by atoms with Crippen molar-refractivity contribution in [1.82, 2.24) is 5.43 Å². The number of hydrogen-bond acceptors (Lipinski definition) is 4.